The van der Waals surface area contributed by atoms with Gasteiger partial charge in [-0.15, -0.1) is 0 Å². The van der Waals surface area contributed by atoms with Crippen molar-refractivity contribution in [3.8, 4) is 6.07 Å². The smallest absolute Gasteiger partial charge is 0.222 e. The Labute approximate surface area is 115 Å². The van der Waals surface area contributed by atoms with E-state index >= 15 is 0 Å². The van der Waals surface area contributed by atoms with Crippen molar-refractivity contribution in [1.82, 2.24) is 10.2 Å². The Bertz CT molecular complexity index is 445. The van der Waals surface area contributed by atoms with Gasteiger partial charge in [0.05, 0.1) is 11.6 Å². The summed E-state index contributed by atoms with van der Waals surface area (Å²) < 4.78 is 0. The maximum atomic E-state index is 11.4. The van der Waals surface area contributed by atoms with E-state index in [9.17, 15) is 4.79 Å². The average molecular weight is 259 g/mol. The van der Waals surface area contributed by atoms with Gasteiger partial charge in [0.1, 0.15) is 0 Å². The number of carbonyl (C=O) groups is 1. The van der Waals surface area contributed by atoms with Crippen molar-refractivity contribution in [3.63, 3.8) is 0 Å². The third-order valence-corrected chi connectivity index (χ3v) is 3.06. The van der Waals surface area contributed by atoms with Crippen LogP contribution in [0.25, 0.3) is 0 Å². The van der Waals surface area contributed by atoms with Gasteiger partial charge in [0.15, 0.2) is 0 Å². The first-order valence-electron chi connectivity index (χ1n) is 6.48. The van der Waals surface area contributed by atoms with Gasteiger partial charge < -0.3 is 10.2 Å². The Kier molecular flexibility index (Phi) is 6.04. The molecule has 1 amide bonds. The molecule has 0 fully saturated rings. The highest BCUT2D eigenvalue weighted by Gasteiger charge is 2.06. The second kappa shape index (κ2) is 7.55. The summed E-state index contributed by atoms with van der Waals surface area (Å²) in [7, 11) is 3.55. The molecule has 0 aliphatic carbocycles. The van der Waals surface area contributed by atoms with Crippen molar-refractivity contribution in [3.05, 3.63) is 35.4 Å². The van der Waals surface area contributed by atoms with E-state index in [0.29, 0.717) is 12.0 Å². The van der Waals surface area contributed by atoms with Gasteiger partial charge in [-0.3, -0.25) is 4.79 Å². The molecule has 0 bridgehead atoms. The lowest BCUT2D eigenvalue weighted by molar-refractivity contribution is -0.128. The lowest BCUT2D eigenvalue weighted by atomic mass is 10.1. The number of hydrogen-bond acceptors (Lipinski definition) is 3. The van der Waals surface area contributed by atoms with E-state index in [1.165, 1.54) is 0 Å². The molecule has 19 heavy (non-hydrogen) atoms. The maximum Gasteiger partial charge on any atom is 0.222 e. The molecule has 4 nitrogen and oxygen atoms in total. The highest BCUT2D eigenvalue weighted by molar-refractivity contribution is 5.75. The molecular weight excluding hydrogens is 238 g/mol. The summed E-state index contributed by atoms with van der Waals surface area (Å²) in [6.07, 6.45) is 1.40. The molecule has 1 unspecified atom stereocenters. The largest absolute Gasteiger partial charge is 0.349 e. The van der Waals surface area contributed by atoms with Gasteiger partial charge in [-0.2, -0.15) is 5.26 Å². The molecule has 102 valence electrons. The van der Waals surface area contributed by atoms with Crippen LogP contribution in [-0.2, 0) is 4.79 Å². The van der Waals surface area contributed by atoms with Crippen molar-refractivity contribution in [1.29, 1.82) is 5.26 Å². The molecule has 0 radical (unpaired) electrons. The van der Waals surface area contributed by atoms with Crippen LogP contribution in [0.4, 0.5) is 0 Å². The molecule has 1 aromatic rings. The van der Waals surface area contributed by atoms with Crippen LogP contribution in [0.5, 0.6) is 0 Å². The number of benzene rings is 1. The van der Waals surface area contributed by atoms with Crippen LogP contribution in [-0.4, -0.2) is 31.4 Å². The Balaban J connectivity index is 2.33. The molecule has 1 rings (SSSR count). The molecule has 0 spiro atoms. The third-order valence-electron chi connectivity index (χ3n) is 3.06. The van der Waals surface area contributed by atoms with E-state index < -0.39 is 0 Å². The minimum Gasteiger partial charge on any atom is -0.349 e. The zero-order valence-corrected chi connectivity index (χ0v) is 11.8. The Morgan fingerprint density at radius 3 is 2.53 bits per heavy atom. The summed E-state index contributed by atoms with van der Waals surface area (Å²) in [5.74, 6) is 0.160. The fourth-order valence-electron chi connectivity index (χ4n) is 1.75. The summed E-state index contributed by atoms with van der Waals surface area (Å²) in [4.78, 5) is 13.0. The Morgan fingerprint density at radius 1 is 1.37 bits per heavy atom. The van der Waals surface area contributed by atoms with Crippen molar-refractivity contribution >= 4 is 5.91 Å². The molecule has 0 aliphatic rings. The number of rotatable bonds is 6. The second-order valence-electron chi connectivity index (χ2n) is 4.80. The number of nitrogens with zero attached hydrogens (tertiary/aromatic N) is 2. The van der Waals surface area contributed by atoms with Gasteiger partial charge in [-0.1, -0.05) is 12.1 Å². The van der Waals surface area contributed by atoms with E-state index in [1.807, 2.05) is 24.3 Å². The van der Waals surface area contributed by atoms with Gasteiger partial charge in [0, 0.05) is 26.6 Å². The summed E-state index contributed by atoms with van der Waals surface area (Å²) in [5, 5.41) is 12.1. The number of carbonyl (C=O) groups excluding carboxylic acids is 1. The summed E-state index contributed by atoms with van der Waals surface area (Å²) >= 11 is 0. The summed E-state index contributed by atoms with van der Waals surface area (Å²) in [5.41, 5.74) is 1.82. The fourth-order valence-corrected chi connectivity index (χ4v) is 1.75. The molecule has 0 saturated heterocycles. The molecular formula is C15H21N3O. The lowest BCUT2D eigenvalue weighted by Crippen LogP contribution is -2.24. The molecule has 4 heteroatoms. The van der Waals surface area contributed by atoms with Crippen molar-refractivity contribution in [2.75, 3.05) is 20.6 Å². The molecule has 0 aromatic heterocycles. The van der Waals surface area contributed by atoms with Crippen LogP contribution in [0, 0.1) is 11.3 Å². The predicted octanol–water partition coefficient (Wildman–Crippen LogP) is 2.08. The van der Waals surface area contributed by atoms with Gasteiger partial charge in [0.25, 0.3) is 0 Å². The van der Waals surface area contributed by atoms with E-state index in [2.05, 4.69) is 18.3 Å². The number of amides is 1. The first-order valence-corrected chi connectivity index (χ1v) is 6.48. The maximum absolute atomic E-state index is 11.4. The SMILES string of the molecule is CC(NCCCC(=O)N(C)C)c1ccc(C#N)cc1. The standard InChI is InChI=1S/C15H21N3O/c1-12(14-8-6-13(11-16)7-9-14)17-10-4-5-15(19)18(2)3/h6-9,12,17H,4-5,10H2,1-3H3. The first kappa shape index (κ1) is 15.2. The van der Waals surface area contributed by atoms with Crippen LogP contribution in [0.3, 0.4) is 0 Å². The van der Waals surface area contributed by atoms with Crippen molar-refractivity contribution < 1.29 is 4.79 Å². The van der Waals surface area contributed by atoms with Crippen molar-refractivity contribution in [2.24, 2.45) is 0 Å². The van der Waals surface area contributed by atoms with E-state index in [4.69, 9.17) is 5.26 Å². The van der Waals surface area contributed by atoms with Crippen LogP contribution in [0.2, 0.25) is 0 Å². The Morgan fingerprint density at radius 2 is 2.00 bits per heavy atom. The topological polar surface area (TPSA) is 56.1 Å². The summed E-state index contributed by atoms with van der Waals surface area (Å²) in [6.45, 7) is 2.88. The molecule has 1 atom stereocenters. The molecule has 1 N–H and O–H groups in total. The molecule has 0 saturated carbocycles. The number of nitriles is 1. The first-order chi connectivity index (χ1) is 9.04. The minimum absolute atomic E-state index is 0.160. The number of hydrogen-bond donors (Lipinski definition) is 1. The van der Waals surface area contributed by atoms with Crippen LogP contribution in [0.1, 0.15) is 36.9 Å². The Hall–Kier alpha value is -1.86. The monoisotopic (exact) mass is 259 g/mol. The normalized spacial score (nSPS) is 11.7. The predicted molar refractivity (Wildman–Crippen MR) is 75.5 cm³/mol. The summed E-state index contributed by atoms with van der Waals surface area (Å²) in [6, 6.07) is 9.89. The average Bonchev–Trinajstić information content (AvgIpc) is 2.43. The quantitative estimate of drug-likeness (QED) is 0.796. The molecule has 0 heterocycles. The van der Waals surface area contributed by atoms with E-state index in [0.717, 1.165) is 18.5 Å². The van der Waals surface area contributed by atoms with E-state index in [-0.39, 0.29) is 11.9 Å². The molecule has 1 aromatic carbocycles. The highest BCUT2D eigenvalue weighted by atomic mass is 16.2. The lowest BCUT2D eigenvalue weighted by Gasteiger charge is -2.15. The third kappa shape index (κ3) is 5.11. The zero-order valence-electron chi connectivity index (χ0n) is 11.8. The molecule has 0 aliphatic heterocycles. The zero-order chi connectivity index (χ0) is 14.3. The number of nitrogens with one attached hydrogen (secondary N) is 1. The van der Waals surface area contributed by atoms with Gasteiger partial charge in [-0.25, -0.2) is 0 Å². The second-order valence-corrected chi connectivity index (χ2v) is 4.80. The highest BCUT2D eigenvalue weighted by Crippen LogP contribution is 2.13. The fraction of sp³-hybridized carbons (Fsp3) is 0.467. The van der Waals surface area contributed by atoms with E-state index in [1.54, 1.807) is 19.0 Å². The van der Waals surface area contributed by atoms with Crippen LogP contribution in [0.15, 0.2) is 24.3 Å². The minimum atomic E-state index is 0.160. The van der Waals surface area contributed by atoms with Crippen molar-refractivity contribution in [2.45, 2.75) is 25.8 Å². The van der Waals surface area contributed by atoms with Gasteiger partial charge in [0.2, 0.25) is 5.91 Å². The van der Waals surface area contributed by atoms with Gasteiger partial charge in [-0.05, 0) is 37.6 Å². The van der Waals surface area contributed by atoms with Crippen LogP contribution < -0.4 is 5.32 Å². The van der Waals surface area contributed by atoms with Gasteiger partial charge >= 0.3 is 0 Å². The van der Waals surface area contributed by atoms with Crippen LogP contribution >= 0.6 is 0 Å².